The normalized spacial score (nSPS) is 11.2. The van der Waals surface area contributed by atoms with Gasteiger partial charge in [0, 0.05) is 0 Å². The third-order valence-corrected chi connectivity index (χ3v) is 0.974. The van der Waals surface area contributed by atoms with Gasteiger partial charge in [-0.3, -0.25) is 9.35 Å². The maximum Gasteiger partial charge on any atom is 0.331 e. The first-order chi connectivity index (χ1) is 3.48. The summed E-state index contributed by atoms with van der Waals surface area (Å²) in [6.07, 6.45) is 0. The molecule has 0 aliphatic heterocycles. The van der Waals surface area contributed by atoms with E-state index >= 15 is 0 Å². The molecular formula is C2H3O5S. The van der Waals surface area contributed by atoms with E-state index in [-0.39, 0.29) is 6.61 Å². The van der Waals surface area contributed by atoms with E-state index in [9.17, 15) is 13.2 Å². The number of hydrogen-bond acceptors (Lipinski definition) is 4. The Bertz CT molecular complexity index is 177. The molecule has 0 amide bonds. The molecular weight excluding hydrogens is 136 g/mol. The van der Waals surface area contributed by atoms with Gasteiger partial charge >= 0.3 is 15.2 Å². The highest BCUT2D eigenvalue weighted by atomic mass is 32.2. The Hall–Kier alpha value is -0.460. The number of aliphatic hydroxyl groups excluding tert-OH is 1. The largest absolute Gasteiger partial charge is 0.381 e. The van der Waals surface area contributed by atoms with Crippen LogP contribution in [0.1, 0.15) is 0 Å². The Kier molecular flexibility index (Phi) is 2.08. The summed E-state index contributed by atoms with van der Waals surface area (Å²) in [4.78, 5) is 9.69. The van der Waals surface area contributed by atoms with Crippen molar-refractivity contribution in [3.8, 4) is 0 Å². The van der Waals surface area contributed by atoms with E-state index in [1.165, 1.54) is 0 Å². The van der Waals surface area contributed by atoms with E-state index in [0.717, 1.165) is 0 Å². The monoisotopic (exact) mass is 139 g/mol. The highest BCUT2D eigenvalue weighted by Gasteiger charge is 2.16. The maximum atomic E-state index is 9.69. The van der Waals surface area contributed by atoms with E-state index in [0.29, 0.717) is 0 Å². The predicted octanol–water partition coefficient (Wildman–Crippen LogP) is -1.06. The molecule has 0 saturated carbocycles. The molecule has 0 aromatic heterocycles. The van der Waals surface area contributed by atoms with Crippen LogP contribution in [-0.2, 0) is 14.9 Å². The molecule has 1 radical (unpaired) electrons. The van der Waals surface area contributed by atoms with Crippen molar-refractivity contribution in [1.29, 1.82) is 0 Å². The van der Waals surface area contributed by atoms with Crippen LogP contribution < -0.4 is 0 Å². The fourth-order valence-corrected chi connectivity index (χ4v) is 0.200. The zero-order valence-electron chi connectivity index (χ0n) is 3.60. The molecule has 8 heavy (non-hydrogen) atoms. The molecule has 6 heteroatoms. The Morgan fingerprint density at radius 2 is 1.88 bits per heavy atom. The third kappa shape index (κ3) is 2.01. The molecule has 0 rings (SSSR count). The summed E-state index contributed by atoms with van der Waals surface area (Å²) in [5.74, 6) is 0. The molecule has 2 N–H and O–H groups in total. The zero-order valence-corrected chi connectivity index (χ0v) is 4.42. The highest BCUT2D eigenvalue weighted by molar-refractivity contribution is 8.01. The first kappa shape index (κ1) is 7.54. The highest BCUT2D eigenvalue weighted by Crippen LogP contribution is 1.84. The lowest BCUT2D eigenvalue weighted by Gasteiger charge is -1.84. The molecule has 0 saturated heterocycles. The Morgan fingerprint density at radius 1 is 1.50 bits per heavy atom. The number of carbonyl (C=O) groups is 1. The summed E-state index contributed by atoms with van der Waals surface area (Å²) < 4.78 is 26.9. The van der Waals surface area contributed by atoms with Crippen LogP contribution in [0.4, 0.5) is 0 Å². The van der Waals surface area contributed by atoms with Gasteiger partial charge in [0.05, 0.1) is 0 Å². The fourth-order valence-electron chi connectivity index (χ4n) is 0.0666. The van der Waals surface area contributed by atoms with Crippen molar-refractivity contribution in [2.24, 2.45) is 0 Å². The van der Waals surface area contributed by atoms with E-state index in [2.05, 4.69) is 0 Å². The van der Waals surface area contributed by atoms with Crippen molar-refractivity contribution < 1.29 is 22.9 Å². The quantitative estimate of drug-likeness (QED) is 0.451. The van der Waals surface area contributed by atoms with Gasteiger partial charge < -0.3 is 5.11 Å². The van der Waals surface area contributed by atoms with Crippen LogP contribution in [0.3, 0.4) is 0 Å². The molecule has 0 unspecified atom stereocenters. The van der Waals surface area contributed by atoms with Gasteiger partial charge in [-0.2, -0.15) is 8.42 Å². The lowest BCUT2D eigenvalue weighted by molar-refractivity contribution is -0.111. The van der Waals surface area contributed by atoms with Gasteiger partial charge in [0.15, 0.2) is 6.61 Å². The molecule has 0 bridgehead atoms. The first-order valence-corrected chi connectivity index (χ1v) is 2.91. The van der Waals surface area contributed by atoms with E-state index in [1.807, 2.05) is 0 Å². The van der Waals surface area contributed by atoms with Gasteiger partial charge in [0.1, 0.15) is 0 Å². The minimum Gasteiger partial charge on any atom is -0.381 e. The zero-order chi connectivity index (χ0) is 6.78. The van der Waals surface area contributed by atoms with Crippen molar-refractivity contribution >= 4 is 15.2 Å². The van der Waals surface area contributed by atoms with Crippen LogP contribution in [0.2, 0.25) is 0 Å². The fraction of sp³-hybridized carbons (Fsp3) is 0. The summed E-state index contributed by atoms with van der Waals surface area (Å²) in [5, 5.41) is 5.95. The lowest BCUT2D eigenvalue weighted by atomic mass is 10.8. The van der Waals surface area contributed by atoms with Crippen molar-refractivity contribution in [1.82, 2.24) is 0 Å². The summed E-state index contributed by atoms with van der Waals surface area (Å²) in [5.41, 5.74) is 0. The maximum absolute atomic E-state index is 9.69. The van der Waals surface area contributed by atoms with Crippen LogP contribution >= 0.6 is 0 Å². The average molecular weight is 139 g/mol. The summed E-state index contributed by atoms with van der Waals surface area (Å²) >= 11 is 0. The molecule has 47 valence electrons. The van der Waals surface area contributed by atoms with Crippen molar-refractivity contribution in [2.45, 2.75) is 0 Å². The third-order valence-electron chi connectivity index (χ3n) is 0.360. The smallest absolute Gasteiger partial charge is 0.331 e. The summed E-state index contributed by atoms with van der Waals surface area (Å²) in [6, 6.07) is 0. The topological polar surface area (TPSA) is 91.7 Å². The first-order valence-electron chi connectivity index (χ1n) is 1.47. The number of carbonyl (C=O) groups excluding carboxylic acids is 1. The van der Waals surface area contributed by atoms with Gasteiger partial charge in [-0.15, -0.1) is 0 Å². The van der Waals surface area contributed by atoms with Crippen molar-refractivity contribution in [3.05, 3.63) is 6.61 Å². The minimum absolute atomic E-state index is 0.227. The number of aliphatic hydroxyl groups is 1. The second-order valence-corrected chi connectivity index (χ2v) is 2.28. The van der Waals surface area contributed by atoms with Crippen LogP contribution in [0.15, 0.2) is 0 Å². The van der Waals surface area contributed by atoms with Gasteiger partial charge in [-0.05, 0) is 0 Å². The van der Waals surface area contributed by atoms with E-state index in [1.54, 1.807) is 0 Å². The molecule has 0 spiro atoms. The second-order valence-electron chi connectivity index (χ2n) is 0.923. The van der Waals surface area contributed by atoms with Gasteiger partial charge in [0.25, 0.3) is 0 Å². The molecule has 0 heterocycles. The molecule has 0 aromatic carbocycles. The number of rotatable bonds is 1. The average Bonchev–Trinajstić information content (AvgIpc) is 1.62. The van der Waals surface area contributed by atoms with E-state index in [4.69, 9.17) is 9.66 Å². The Morgan fingerprint density at radius 3 is 1.88 bits per heavy atom. The van der Waals surface area contributed by atoms with Gasteiger partial charge in [-0.1, -0.05) is 0 Å². The minimum atomic E-state index is -4.70. The van der Waals surface area contributed by atoms with E-state index < -0.39 is 15.2 Å². The van der Waals surface area contributed by atoms with Crippen LogP contribution in [0.5, 0.6) is 0 Å². The van der Waals surface area contributed by atoms with Crippen LogP contribution in [0.25, 0.3) is 0 Å². The second kappa shape index (κ2) is 2.21. The Labute approximate surface area is 45.7 Å². The molecule has 0 aliphatic carbocycles. The number of hydrogen-bond donors (Lipinski definition) is 2. The van der Waals surface area contributed by atoms with Gasteiger partial charge in [-0.25, -0.2) is 0 Å². The molecule has 0 aromatic rings. The molecule has 0 aliphatic rings. The standard InChI is InChI=1S/C2H3O5S/c3-1-2(4)8(5,6)7/h1,3H,(H,5,6,7). The SMILES string of the molecule is O=C([CH]O)S(=O)(=O)O. The van der Waals surface area contributed by atoms with Crippen LogP contribution in [-0.4, -0.2) is 23.2 Å². The summed E-state index contributed by atoms with van der Waals surface area (Å²) in [7, 11) is -4.70. The Balaban J connectivity index is 4.29. The summed E-state index contributed by atoms with van der Waals surface area (Å²) in [6.45, 7) is -0.227. The molecule has 0 atom stereocenters. The lowest BCUT2D eigenvalue weighted by Crippen LogP contribution is -2.12. The molecule has 5 nitrogen and oxygen atoms in total. The van der Waals surface area contributed by atoms with Crippen molar-refractivity contribution in [2.75, 3.05) is 0 Å². The molecule has 0 fully saturated rings. The van der Waals surface area contributed by atoms with Gasteiger partial charge in [0.2, 0.25) is 0 Å². The predicted molar refractivity (Wildman–Crippen MR) is 22.8 cm³/mol. The van der Waals surface area contributed by atoms with Crippen LogP contribution in [0, 0.1) is 6.61 Å². The van der Waals surface area contributed by atoms with Crippen molar-refractivity contribution in [3.63, 3.8) is 0 Å².